The first-order chi connectivity index (χ1) is 14.2. The van der Waals surface area contributed by atoms with Crippen LogP contribution in [0.2, 0.25) is 0 Å². The molecule has 0 spiro atoms. The Hall–Kier alpha value is -3.21. The fourth-order valence-electron chi connectivity index (χ4n) is 2.84. The standard InChI is InChI=1S/C19H16BrF2N3O5/c1-19(11-3-5-12(6-4-11)30-17(21)22)16(27)25(18(28)24-19)23-9-10-7-13(20)15(26)14(8-10)29-2/h3-9,17,26H,1-2H3,(H,24,28). The first-order valence-corrected chi connectivity index (χ1v) is 9.27. The van der Waals surface area contributed by atoms with Crippen molar-refractivity contribution in [2.75, 3.05) is 7.11 Å². The molecule has 0 aliphatic carbocycles. The lowest BCUT2D eigenvalue weighted by Crippen LogP contribution is -2.40. The molecule has 0 saturated carbocycles. The number of carbonyl (C=O) groups is 2. The number of hydrogen-bond acceptors (Lipinski definition) is 6. The third-order valence-electron chi connectivity index (χ3n) is 4.42. The average Bonchev–Trinajstić information content (AvgIpc) is 2.92. The van der Waals surface area contributed by atoms with Crippen molar-refractivity contribution in [3.05, 3.63) is 52.0 Å². The van der Waals surface area contributed by atoms with Crippen molar-refractivity contribution in [2.45, 2.75) is 19.1 Å². The molecule has 1 atom stereocenters. The van der Waals surface area contributed by atoms with Crippen molar-refractivity contribution >= 4 is 34.1 Å². The molecule has 1 aliphatic rings. The van der Waals surface area contributed by atoms with Crippen LogP contribution in [0, 0.1) is 0 Å². The number of imide groups is 1. The van der Waals surface area contributed by atoms with Gasteiger partial charge in [0.2, 0.25) is 0 Å². The van der Waals surface area contributed by atoms with Gasteiger partial charge in [-0.25, -0.2) is 4.79 Å². The number of carbonyl (C=O) groups excluding carboxylic acids is 2. The number of methoxy groups -OCH3 is 1. The van der Waals surface area contributed by atoms with Gasteiger partial charge in [0.1, 0.15) is 11.3 Å². The van der Waals surface area contributed by atoms with Gasteiger partial charge in [-0.3, -0.25) is 4.79 Å². The number of urea groups is 1. The molecule has 0 aromatic heterocycles. The number of nitrogens with one attached hydrogen (secondary N) is 1. The van der Waals surface area contributed by atoms with Gasteiger partial charge in [-0.15, -0.1) is 5.01 Å². The molecule has 1 heterocycles. The van der Waals surface area contributed by atoms with E-state index in [1.54, 1.807) is 0 Å². The summed E-state index contributed by atoms with van der Waals surface area (Å²) in [5, 5.41) is 17.0. The van der Waals surface area contributed by atoms with Gasteiger partial charge < -0.3 is 19.9 Å². The van der Waals surface area contributed by atoms with Gasteiger partial charge in [0.25, 0.3) is 5.91 Å². The van der Waals surface area contributed by atoms with Crippen LogP contribution in [0.1, 0.15) is 18.1 Å². The van der Waals surface area contributed by atoms with Crippen LogP contribution >= 0.6 is 15.9 Å². The van der Waals surface area contributed by atoms with Gasteiger partial charge >= 0.3 is 12.6 Å². The molecular formula is C19H16BrF2N3O5. The summed E-state index contributed by atoms with van der Waals surface area (Å²) in [6.07, 6.45) is 1.26. The van der Waals surface area contributed by atoms with Crippen LogP contribution in [0.3, 0.4) is 0 Å². The molecule has 2 aromatic rings. The third-order valence-corrected chi connectivity index (χ3v) is 5.02. The quantitative estimate of drug-likeness (QED) is 0.483. The number of rotatable bonds is 6. The van der Waals surface area contributed by atoms with Crippen LogP contribution in [0.25, 0.3) is 0 Å². The molecule has 1 fully saturated rings. The molecule has 11 heteroatoms. The lowest BCUT2D eigenvalue weighted by Gasteiger charge is -2.21. The number of ether oxygens (including phenoxy) is 2. The van der Waals surface area contributed by atoms with Crippen molar-refractivity contribution in [1.29, 1.82) is 0 Å². The number of phenolic OH excluding ortho intramolecular Hbond substituents is 1. The Labute approximate surface area is 178 Å². The average molecular weight is 484 g/mol. The number of alkyl halides is 2. The Bertz CT molecular complexity index is 1020. The van der Waals surface area contributed by atoms with E-state index in [4.69, 9.17) is 4.74 Å². The van der Waals surface area contributed by atoms with Crippen LogP contribution in [0.4, 0.5) is 13.6 Å². The van der Waals surface area contributed by atoms with E-state index in [2.05, 4.69) is 31.1 Å². The maximum absolute atomic E-state index is 12.9. The van der Waals surface area contributed by atoms with E-state index >= 15 is 0 Å². The van der Waals surface area contributed by atoms with E-state index < -0.39 is 24.1 Å². The van der Waals surface area contributed by atoms with Crippen LogP contribution in [-0.4, -0.2) is 42.0 Å². The number of benzene rings is 2. The fraction of sp³-hybridized carbons (Fsp3) is 0.211. The van der Waals surface area contributed by atoms with Gasteiger partial charge in [-0.1, -0.05) is 12.1 Å². The summed E-state index contributed by atoms with van der Waals surface area (Å²) in [5.41, 5.74) is -0.612. The largest absolute Gasteiger partial charge is 0.503 e. The van der Waals surface area contributed by atoms with Crippen molar-refractivity contribution in [1.82, 2.24) is 10.3 Å². The summed E-state index contributed by atoms with van der Waals surface area (Å²) in [7, 11) is 1.38. The first kappa shape index (κ1) is 21.5. The number of amides is 3. The zero-order valence-corrected chi connectivity index (χ0v) is 17.3. The molecule has 3 amide bonds. The molecule has 2 aromatic carbocycles. The number of hydrazone groups is 1. The molecule has 8 nitrogen and oxygen atoms in total. The van der Waals surface area contributed by atoms with Crippen LogP contribution in [-0.2, 0) is 10.3 Å². The Balaban J connectivity index is 1.84. The minimum absolute atomic E-state index is 0.0733. The maximum Gasteiger partial charge on any atom is 0.387 e. The maximum atomic E-state index is 12.9. The Morgan fingerprint density at radius 3 is 2.53 bits per heavy atom. The summed E-state index contributed by atoms with van der Waals surface area (Å²) in [6, 6.07) is 7.62. The van der Waals surface area contributed by atoms with Crippen molar-refractivity contribution in [3.8, 4) is 17.2 Å². The molecule has 1 unspecified atom stereocenters. The predicted molar refractivity (Wildman–Crippen MR) is 106 cm³/mol. The van der Waals surface area contributed by atoms with E-state index in [1.807, 2.05) is 0 Å². The lowest BCUT2D eigenvalue weighted by molar-refractivity contribution is -0.131. The lowest BCUT2D eigenvalue weighted by atomic mass is 9.92. The molecule has 1 saturated heterocycles. The highest BCUT2D eigenvalue weighted by Crippen LogP contribution is 2.35. The molecule has 1 aliphatic heterocycles. The topological polar surface area (TPSA) is 100 Å². The summed E-state index contributed by atoms with van der Waals surface area (Å²) in [5.74, 6) is -0.651. The van der Waals surface area contributed by atoms with Gasteiger partial charge in [-0.2, -0.15) is 13.9 Å². The third kappa shape index (κ3) is 4.06. The van der Waals surface area contributed by atoms with Gasteiger partial charge in [0, 0.05) is 0 Å². The van der Waals surface area contributed by atoms with Gasteiger partial charge in [-0.05, 0) is 58.2 Å². The van der Waals surface area contributed by atoms with Crippen molar-refractivity contribution in [3.63, 3.8) is 0 Å². The SMILES string of the molecule is COc1cc(C=NN2C(=O)NC(C)(c3ccc(OC(F)F)cc3)C2=O)cc(Br)c1O. The molecule has 0 radical (unpaired) electrons. The van der Waals surface area contributed by atoms with E-state index in [0.29, 0.717) is 20.6 Å². The Kier molecular flexibility index (Phi) is 5.92. The van der Waals surface area contributed by atoms with Crippen molar-refractivity contribution < 1.29 is 33.0 Å². The highest BCUT2D eigenvalue weighted by molar-refractivity contribution is 9.10. The van der Waals surface area contributed by atoms with E-state index in [-0.39, 0.29) is 17.2 Å². The van der Waals surface area contributed by atoms with Crippen LogP contribution < -0.4 is 14.8 Å². The number of hydrogen-bond donors (Lipinski definition) is 2. The zero-order valence-electron chi connectivity index (χ0n) is 15.7. The summed E-state index contributed by atoms with van der Waals surface area (Å²) in [6.45, 7) is -1.49. The highest BCUT2D eigenvalue weighted by Gasteiger charge is 2.49. The van der Waals surface area contributed by atoms with Crippen LogP contribution in [0.15, 0.2) is 46.0 Å². The molecule has 2 N–H and O–H groups in total. The molecule has 30 heavy (non-hydrogen) atoms. The molecule has 0 bridgehead atoms. The number of nitrogens with zero attached hydrogens (tertiary/aromatic N) is 2. The van der Waals surface area contributed by atoms with Crippen molar-refractivity contribution in [2.24, 2.45) is 5.10 Å². The Morgan fingerprint density at radius 1 is 1.27 bits per heavy atom. The fourth-order valence-corrected chi connectivity index (χ4v) is 3.30. The zero-order chi connectivity index (χ0) is 22.1. The highest BCUT2D eigenvalue weighted by atomic mass is 79.9. The second kappa shape index (κ2) is 8.27. The summed E-state index contributed by atoms with van der Waals surface area (Å²) < 4.78 is 34.3. The second-order valence-corrected chi connectivity index (χ2v) is 7.23. The summed E-state index contributed by atoms with van der Waals surface area (Å²) >= 11 is 3.18. The van der Waals surface area contributed by atoms with Gasteiger partial charge in [0.05, 0.1) is 17.8 Å². The van der Waals surface area contributed by atoms with E-state index in [9.17, 15) is 23.5 Å². The van der Waals surface area contributed by atoms with E-state index in [0.717, 1.165) is 0 Å². The second-order valence-electron chi connectivity index (χ2n) is 6.37. The number of aromatic hydroxyl groups is 1. The molecular weight excluding hydrogens is 468 g/mol. The molecule has 158 valence electrons. The number of halogens is 3. The Morgan fingerprint density at radius 2 is 1.93 bits per heavy atom. The predicted octanol–water partition coefficient (Wildman–Crippen LogP) is 3.57. The smallest absolute Gasteiger partial charge is 0.387 e. The monoisotopic (exact) mass is 483 g/mol. The first-order valence-electron chi connectivity index (χ1n) is 8.48. The molecule has 3 rings (SSSR count). The normalized spacial score (nSPS) is 18.9. The van der Waals surface area contributed by atoms with E-state index in [1.165, 1.54) is 56.6 Å². The number of phenols is 1. The van der Waals surface area contributed by atoms with Gasteiger partial charge in [0.15, 0.2) is 11.5 Å². The minimum atomic E-state index is -2.97. The summed E-state index contributed by atoms with van der Waals surface area (Å²) in [4.78, 5) is 25.2. The minimum Gasteiger partial charge on any atom is -0.503 e. The van der Waals surface area contributed by atoms with Crippen LogP contribution in [0.5, 0.6) is 17.2 Å².